The highest BCUT2D eigenvalue weighted by atomic mass is 19.1. The lowest BCUT2D eigenvalue weighted by Gasteiger charge is -2.02. The molecule has 1 atom stereocenters. The van der Waals surface area contributed by atoms with Crippen LogP contribution in [0.4, 0.5) is 4.39 Å². The van der Waals surface area contributed by atoms with Crippen LogP contribution in [0.5, 0.6) is 0 Å². The van der Waals surface area contributed by atoms with E-state index in [9.17, 15) is 4.39 Å². The van der Waals surface area contributed by atoms with Crippen molar-refractivity contribution in [2.45, 2.75) is 38.8 Å². The van der Waals surface area contributed by atoms with Crippen LogP contribution in [0, 0.1) is 11.8 Å². The number of hydrogen-bond acceptors (Lipinski definition) is 2. The summed E-state index contributed by atoms with van der Waals surface area (Å²) in [5.74, 6) is 6.97. The molecule has 0 saturated carbocycles. The first-order valence-electron chi connectivity index (χ1n) is 7.84. The Balaban J connectivity index is 1.96. The van der Waals surface area contributed by atoms with E-state index in [0.29, 0.717) is 12.8 Å². The second-order valence-corrected chi connectivity index (χ2v) is 5.43. The average Bonchev–Trinajstić information content (AvgIpc) is 2.56. The van der Waals surface area contributed by atoms with Crippen LogP contribution < -0.4 is 0 Å². The fourth-order valence-corrected chi connectivity index (χ4v) is 2.12. The molecule has 0 bridgehead atoms. The lowest BCUT2D eigenvalue weighted by atomic mass is 10.1. The Labute approximate surface area is 137 Å². The predicted molar refractivity (Wildman–Crippen MR) is 92.7 cm³/mol. The number of halogens is 1. The third-order valence-electron chi connectivity index (χ3n) is 3.39. The zero-order valence-electron chi connectivity index (χ0n) is 13.4. The summed E-state index contributed by atoms with van der Waals surface area (Å²) < 4.78 is 12.7. The Hall–Kier alpha value is -2.47. The van der Waals surface area contributed by atoms with E-state index in [0.717, 1.165) is 35.4 Å². The molecule has 118 valence electrons. The zero-order chi connectivity index (χ0) is 16.5. The maximum absolute atomic E-state index is 12.7. The van der Waals surface area contributed by atoms with Crippen molar-refractivity contribution in [3.8, 4) is 23.0 Å². The average molecular weight is 308 g/mol. The van der Waals surface area contributed by atoms with E-state index < -0.39 is 6.17 Å². The van der Waals surface area contributed by atoms with Crippen molar-refractivity contribution in [1.29, 1.82) is 0 Å². The van der Waals surface area contributed by atoms with Gasteiger partial charge in [0.25, 0.3) is 0 Å². The number of rotatable bonds is 6. The summed E-state index contributed by atoms with van der Waals surface area (Å²) in [6.07, 6.45) is 7.49. The summed E-state index contributed by atoms with van der Waals surface area (Å²) >= 11 is 0. The number of aromatic nitrogens is 2. The molecule has 1 unspecified atom stereocenters. The Bertz CT molecular complexity index is 676. The van der Waals surface area contributed by atoms with Crippen molar-refractivity contribution in [2.75, 3.05) is 0 Å². The first kappa shape index (κ1) is 16.9. The van der Waals surface area contributed by atoms with Crippen molar-refractivity contribution in [2.24, 2.45) is 0 Å². The minimum Gasteiger partial charge on any atom is -0.248 e. The molecule has 0 amide bonds. The molecule has 0 aliphatic carbocycles. The molecule has 0 spiro atoms. The van der Waals surface area contributed by atoms with Gasteiger partial charge >= 0.3 is 0 Å². The highest BCUT2D eigenvalue weighted by molar-refractivity contribution is 5.62. The second kappa shape index (κ2) is 8.85. The fraction of sp³-hybridized carbons (Fsp3) is 0.300. The third-order valence-corrected chi connectivity index (χ3v) is 3.39. The van der Waals surface area contributed by atoms with E-state index in [1.54, 1.807) is 13.0 Å². The van der Waals surface area contributed by atoms with Gasteiger partial charge in [0, 0.05) is 36.4 Å². The molecule has 1 aromatic carbocycles. The number of nitrogens with zero attached hydrogens (tertiary/aromatic N) is 2. The monoisotopic (exact) mass is 308 g/mol. The highest BCUT2D eigenvalue weighted by Gasteiger charge is 2.00. The molecule has 2 rings (SSSR count). The number of hydrogen-bond donors (Lipinski definition) is 0. The van der Waals surface area contributed by atoms with E-state index >= 15 is 0 Å². The summed E-state index contributed by atoms with van der Waals surface area (Å²) in [5, 5.41) is 0. The van der Waals surface area contributed by atoms with Crippen LogP contribution in [0.15, 0.2) is 49.3 Å². The fourth-order valence-electron chi connectivity index (χ4n) is 2.12. The van der Waals surface area contributed by atoms with E-state index in [4.69, 9.17) is 0 Å². The molecule has 23 heavy (non-hydrogen) atoms. The molecule has 2 nitrogen and oxygen atoms in total. The summed E-state index contributed by atoms with van der Waals surface area (Å²) in [5.41, 5.74) is 3.01. The summed E-state index contributed by atoms with van der Waals surface area (Å²) in [6.45, 7) is 5.26. The molecular formula is C20H21FN2. The van der Waals surface area contributed by atoms with Gasteiger partial charge in [-0.25, -0.2) is 14.4 Å². The van der Waals surface area contributed by atoms with Crippen LogP contribution in [0.2, 0.25) is 0 Å². The van der Waals surface area contributed by atoms with Crippen molar-refractivity contribution >= 4 is 0 Å². The molecule has 0 fully saturated rings. The van der Waals surface area contributed by atoms with E-state index in [-0.39, 0.29) is 0 Å². The van der Waals surface area contributed by atoms with Gasteiger partial charge in [0.1, 0.15) is 5.82 Å². The Morgan fingerprint density at radius 2 is 1.87 bits per heavy atom. The highest BCUT2D eigenvalue weighted by Crippen LogP contribution is 2.18. The number of benzene rings is 1. The molecule has 0 aliphatic rings. The lowest BCUT2D eigenvalue weighted by Crippen LogP contribution is -1.92. The molecule has 1 heterocycles. The molecule has 0 aliphatic heterocycles. The second-order valence-electron chi connectivity index (χ2n) is 5.43. The van der Waals surface area contributed by atoms with Crippen LogP contribution in [-0.2, 0) is 6.42 Å². The minimum atomic E-state index is -0.740. The quantitative estimate of drug-likeness (QED) is 0.437. The number of allylic oxidation sites excluding steroid dienone is 1. The van der Waals surface area contributed by atoms with Gasteiger partial charge < -0.3 is 0 Å². The zero-order valence-corrected chi connectivity index (χ0v) is 13.4. The smallest absolute Gasteiger partial charge is 0.131 e. The lowest BCUT2D eigenvalue weighted by molar-refractivity contribution is 0.336. The van der Waals surface area contributed by atoms with Crippen molar-refractivity contribution in [1.82, 2.24) is 9.97 Å². The maximum Gasteiger partial charge on any atom is 0.131 e. The van der Waals surface area contributed by atoms with Crippen LogP contribution in [0.25, 0.3) is 11.1 Å². The van der Waals surface area contributed by atoms with Gasteiger partial charge in [-0.15, -0.1) is 6.58 Å². The summed E-state index contributed by atoms with van der Waals surface area (Å²) in [7, 11) is 0. The third kappa shape index (κ3) is 5.67. The van der Waals surface area contributed by atoms with Gasteiger partial charge in [-0.05, 0) is 37.5 Å². The normalized spacial score (nSPS) is 11.4. The molecule has 0 radical (unpaired) electrons. The van der Waals surface area contributed by atoms with Gasteiger partial charge in [0.05, 0.1) is 6.17 Å². The van der Waals surface area contributed by atoms with Crippen molar-refractivity contribution in [3.05, 3.63) is 60.7 Å². The topological polar surface area (TPSA) is 25.8 Å². The standard InChI is InChI=1S/C20H21FN2/c1-3-7-20-22-14-19(15-23-20)18-12-10-17(11-13-18)9-6-4-5-8-16(2)21/h3,10-16H,1,4-5,7-8H2,2H3. The molecular weight excluding hydrogens is 287 g/mol. The molecule has 0 saturated heterocycles. The Morgan fingerprint density at radius 1 is 1.17 bits per heavy atom. The van der Waals surface area contributed by atoms with Crippen LogP contribution in [-0.4, -0.2) is 16.1 Å². The largest absolute Gasteiger partial charge is 0.248 e. The summed E-state index contributed by atoms with van der Waals surface area (Å²) in [4.78, 5) is 8.62. The van der Waals surface area contributed by atoms with E-state index in [2.05, 4.69) is 28.4 Å². The predicted octanol–water partition coefficient (Wildman–Crippen LogP) is 4.75. The van der Waals surface area contributed by atoms with Crippen LogP contribution in [0.3, 0.4) is 0 Å². The van der Waals surface area contributed by atoms with E-state index in [1.165, 1.54) is 0 Å². The Kier molecular flexibility index (Phi) is 6.50. The molecule has 2 aromatic rings. The van der Waals surface area contributed by atoms with Gasteiger partial charge in [0.2, 0.25) is 0 Å². The van der Waals surface area contributed by atoms with Gasteiger partial charge in [-0.2, -0.15) is 0 Å². The molecule has 1 aromatic heterocycles. The van der Waals surface area contributed by atoms with Crippen LogP contribution >= 0.6 is 0 Å². The van der Waals surface area contributed by atoms with E-state index in [1.807, 2.05) is 36.7 Å². The number of alkyl halides is 1. The summed E-state index contributed by atoms with van der Waals surface area (Å²) in [6, 6.07) is 7.99. The van der Waals surface area contributed by atoms with Gasteiger partial charge in [-0.1, -0.05) is 30.0 Å². The van der Waals surface area contributed by atoms with Crippen LogP contribution in [0.1, 0.15) is 37.6 Å². The first-order chi connectivity index (χ1) is 11.2. The Morgan fingerprint density at radius 3 is 2.48 bits per heavy atom. The van der Waals surface area contributed by atoms with Crippen molar-refractivity contribution < 1.29 is 4.39 Å². The van der Waals surface area contributed by atoms with Gasteiger partial charge in [-0.3, -0.25) is 0 Å². The number of unbranched alkanes of at least 4 members (excludes halogenated alkanes) is 1. The SMILES string of the molecule is C=CCc1ncc(-c2ccc(C#CCCCC(C)F)cc2)cn1. The van der Waals surface area contributed by atoms with Crippen molar-refractivity contribution in [3.63, 3.8) is 0 Å². The van der Waals surface area contributed by atoms with Gasteiger partial charge in [0.15, 0.2) is 0 Å². The minimum absolute atomic E-state index is 0.579. The molecule has 0 N–H and O–H groups in total. The maximum atomic E-state index is 12.7. The first-order valence-corrected chi connectivity index (χ1v) is 7.84. The molecule has 3 heteroatoms.